The highest BCUT2D eigenvalue weighted by Crippen LogP contribution is 2.28. The van der Waals surface area contributed by atoms with Crippen LogP contribution in [-0.2, 0) is 0 Å². The minimum atomic E-state index is 0.352. The lowest BCUT2D eigenvalue weighted by atomic mass is 10.1. The molecule has 22 heavy (non-hydrogen) atoms. The van der Waals surface area contributed by atoms with Crippen LogP contribution in [0.1, 0.15) is 5.56 Å². The molecule has 108 valence electrons. The summed E-state index contributed by atoms with van der Waals surface area (Å²) in [5, 5.41) is 9.95. The summed E-state index contributed by atoms with van der Waals surface area (Å²) in [5.74, 6) is 1.58. The van der Waals surface area contributed by atoms with Crippen molar-refractivity contribution in [1.82, 2.24) is 15.3 Å². The van der Waals surface area contributed by atoms with Crippen LogP contribution in [0.15, 0.2) is 56.9 Å². The van der Waals surface area contributed by atoms with E-state index in [-0.39, 0.29) is 0 Å². The minimum Gasteiger partial charge on any atom is -0.355 e. The van der Waals surface area contributed by atoms with Gasteiger partial charge >= 0.3 is 0 Å². The van der Waals surface area contributed by atoms with E-state index in [4.69, 9.17) is 9.05 Å². The van der Waals surface area contributed by atoms with Gasteiger partial charge in [0.25, 0.3) is 5.89 Å². The van der Waals surface area contributed by atoms with Gasteiger partial charge in [0.05, 0.1) is 4.88 Å². The van der Waals surface area contributed by atoms with Gasteiger partial charge in [0.15, 0.2) is 11.5 Å². The van der Waals surface area contributed by atoms with Crippen molar-refractivity contribution in [1.29, 1.82) is 0 Å². The second-order valence-corrected chi connectivity index (χ2v) is 5.79. The molecule has 0 bridgehead atoms. The third-order valence-corrected chi connectivity index (χ3v) is 4.10. The number of benzene rings is 1. The van der Waals surface area contributed by atoms with Crippen molar-refractivity contribution in [2.45, 2.75) is 6.92 Å². The molecule has 3 aromatic heterocycles. The van der Waals surface area contributed by atoms with Gasteiger partial charge in [0.1, 0.15) is 0 Å². The first-order valence-electron chi connectivity index (χ1n) is 6.71. The van der Waals surface area contributed by atoms with E-state index in [1.165, 1.54) is 5.56 Å². The zero-order chi connectivity index (χ0) is 14.9. The fraction of sp³-hybridized carbons (Fsp3) is 0.0625. The molecule has 4 rings (SSSR count). The maximum atomic E-state index is 5.37. The number of hydrogen-bond donors (Lipinski definition) is 0. The molecule has 1 aromatic carbocycles. The molecule has 0 saturated heterocycles. The molecule has 0 aliphatic heterocycles. The SMILES string of the molecule is Cc1ccc(-c2cc(-c3nc(-c4cccs4)no3)no2)cc1. The maximum absolute atomic E-state index is 5.37. The van der Waals surface area contributed by atoms with Crippen LogP contribution in [0.3, 0.4) is 0 Å². The van der Waals surface area contributed by atoms with Crippen molar-refractivity contribution in [3.8, 4) is 33.6 Å². The predicted octanol–water partition coefficient (Wildman–Crippen LogP) is 4.43. The Morgan fingerprint density at radius 1 is 1.00 bits per heavy atom. The van der Waals surface area contributed by atoms with E-state index in [0.717, 1.165) is 10.4 Å². The van der Waals surface area contributed by atoms with Gasteiger partial charge in [-0.3, -0.25) is 0 Å². The van der Waals surface area contributed by atoms with Gasteiger partial charge in [-0.05, 0) is 18.4 Å². The normalized spacial score (nSPS) is 11.0. The monoisotopic (exact) mass is 309 g/mol. The first-order valence-corrected chi connectivity index (χ1v) is 7.59. The van der Waals surface area contributed by atoms with Crippen molar-refractivity contribution in [2.24, 2.45) is 0 Å². The van der Waals surface area contributed by atoms with Gasteiger partial charge in [0, 0.05) is 11.6 Å². The van der Waals surface area contributed by atoms with E-state index in [0.29, 0.717) is 23.2 Å². The van der Waals surface area contributed by atoms with Crippen LogP contribution in [0.2, 0.25) is 0 Å². The molecule has 0 unspecified atom stereocenters. The second kappa shape index (κ2) is 5.23. The van der Waals surface area contributed by atoms with E-state index in [2.05, 4.69) is 15.3 Å². The molecule has 0 spiro atoms. The topological polar surface area (TPSA) is 65.0 Å². The maximum Gasteiger partial charge on any atom is 0.280 e. The summed E-state index contributed by atoms with van der Waals surface area (Å²) in [6, 6.07) is 13.7. The Morgan fingerprint density at radius 2 is 1.86 bits per heavy atom. The zero-order valence-electron chi connectivity index (χ0n) is 11.7. The first kappa shape index (κ1) is 13.0. The van der Waals surface area contributed by atoms with Crippen LogP contribution in [0.25, 0.3) is 33.6 Å². The summed E-state index contributed by atoms with van der Waals surface area (Å²) in [5.41, 5.74) is 2.69. The van der Waals surface area contributed by atoms with Crippen LogP contribution in [0.4, 0.5) is 0 Å². The Kier molecular flexibility index (Phi) is 3.08. The molecule has 6 heteroatoms. The van der Waals surface area contributed by atoms with Crippen LogP contribution < -0.4 is 0 Å². The molecule has 5 nitrogen and oxygen atoms in total. The van der Waals surface area contributed by atoms with Gasteiger partial charge < -0.3 is 9.05 Å². The fourth-order valence-electron chi connectivity index (χ4n) is 2.06. The number of hydrogen-bond acceptors (Lipinski definition) is 6. The van der Waals surface area contributed by atoms with E-state index < -0.39 is 0 Å². The standard InChI is InChI=1S/C16H11N3O2S/c1-10-4-6-11(7-5-10)13-9-12(18-20-13)16-17-15(19-21-16)14-3-2-8-22-14/h2-9H,1H3. The lowest BCUT2D eigenvalue weighted by Gasteiger charge is -1.95. The summed E-state index contributed by atoms with van der Waals surface area (Å²) < 4.78 is 10.6. The molecule has 0 atom stereocenters. The predicted molar refractivity (Wildman–Crippen MR) is 83.3 cm³/mol. The molecule has 0 saturated carbocycles. The van der Waals surface area contributed by atoms with Gasteiger partial charge in [-0.15, -0.1) is 11.3 Å². The summed E-state index contributed by atoms with van der Waals surface area (Å²) >= 11 is 1.56. The first-order chi connectivity index (χ1) is 10.8. The Balaban J connectivity index is 1.65. The Labute approximate surface area is 130 Å². The highest BCUT2D eigenvalue weighted by atomic mass is 32.1. The smallest absolute Gasteiger partial charge is 0.280 e. The Hall–Kier alpha value is -2.73. The number of aryl methyl sites for hydroxylation is 1. The molecule has 3 heterocycles. The largest absolute Gasteiger partial charge is 0.355 e. The van der Waals surface area contributed by atoms with Crippen LogP contribution in [-0.4, -0.2) is 15.3 Å². The molecule has 0 aliphatic carbocycles. The van der Waals surface area contributed by atoms with Gasteiger partial charge in [-0.2, -0.15) is 4.98 Å². The summed E-state index contributed by atoms with van der Waals surface area (Å²) in [6.45, 7) is 2.04. The molecule has 0 aliphatic rings. The minimum absolute atomic E-state index is 0.352. The van der Waals surface area contributed by atoms with E-state index in [1.807, 2.05) is 48.7 Å². The number of aromatic nitrogens is 3. The number of thiophene rings is 1. The van der Waals surface area contributed by atoms with E-state index in [9.17, 15) is 0 Å². The third kappa shape index (κ3) is 2.33. The van der Waals surface area contributed by atoms with E-state index >= 15 is 0 Å². The van der Waals surface area contributed by atoms with Crippen LogP contribution >= 0.6 is 11.3 Å². The van der Waals surface area contributed by atoms with Gasteiger partial charge in [0.2, 0.25) is 5.82 Å². The quantitative estimate of drug-likeness (QED) is 0.560. The van der Waals surface area contributed by atoms with Crippen molar-refractivity contribution in [3.05, 3.63) is 53.4 Å². The van der Waals surface area contributed by atoms with Crippen molar-refractivity contribution in [2.75, 3.05) is 0 Å². The molecule has 4 aromatic rings. The van der Waals surface area contributed by atoms with Crippen LogP contribution in [0.5, 0.6) is 0 Å². The average molecular weight is 309 g/mol. The molecule has 0 N–H and O–H groups in total. The van der Waals surface area contributed by atoms with E-state index in [1.54, 1.807) is 17.4 Å². The molecule has 0 radical (unpaired) electrons. The number of nitrogens with zero attached hydrogens (tertiary/aromatic N) is 3. The Bertz CT molecular complexity index is 892. The summed E-state index contributed by atoms with van der Waals surface area (Å²) in [4.78, 5) is 5.31. The highest BCUT2D eigenvalue weighted by Gasteiger charge is 2.16. The zero-order valence-corrected chi connectivity index (χ0v) is 12.5. The molecular weight excluding hydrogens is 298 g/mol. The highest BCUT2D eigenvalue weighted by molar-refractivity contribution is 7.13. The van der Waals surface area contributed by atoms with Gasteiger partial charge in [-0.1, -0.05) is 46.2 Å². The lowest BCUT2D eigenvalue weighted by molar-refractivity contribution is 0.411. The summed E-state index contributed by atoms with van der Waals surface area (Å²) in [7, 11) is 0. The van der Waals surface area contributed by atoms with Crippen molar-refractivity contribution >= 4 is 11.3 Å². The van der Waals surface area contributed by atoms with Gasteiger partial charge in [-0.25, -0.2) is 0 Å². The fourth-order valence-corrected chi connectivity index (χ4v) is 2.71. The third-order valence-electron chi connectivity index (χ3n) is 3.23. The lowest BCUT2D eigenvalue weighted by Crippen LogP contribution is -1.77. The Morgan fingerprint density at radius 3 is 2.64 bits per heavy atom. The van der Waals surface area contributed by atoms with Crippen molar-refractivity contribution in [3.63, 3.8) is 0 Å². The molecular formula is C16H11N3O2S. The number of rotatable bonds is 3. The van der Waals surface area contributed by atoms with Crippen LogP contribution in [0, 0.1) is 6.92 Å². The van der Waals surface area contributed by atoms with Crippen molar-refractivity contribution < 1.29 is 9.05 Å². The molecule has 0 fully saturated rings. The second-order valence-electron chi connectivity index (χ2n) is 4.84. The average Bonchev–Trinajstić information content (AvgIpc) is 3.27. The summed E-state index contributed by atoms with van der Waals surface area (Å²) in [6.07, 6.45) is 0. The molecule has 0 amide bonds.